The fourth-order valence-electron chi connectivity index (χ4n) is 2.45. The molecule has 19 heavy (non-hydrogen) atoms. The molecule has 0 spiro atoms. The van der Waals surface area contributed by atoms with Crippen molar-refractivity contribution in [1.29, 1.82) is 0 Å². The second kappa shape index (κ2) is 9.95. The van der Waals surface area contributed by atoms with Gasteiger partial charge in [-0.1, -0.05) is 51.9 Å². The molecular weight excluding hydrogens is 318 g/mol. The molecule has 1 aromatic rings. The van der Waals surface area contributed by atoms with E-state index in [1.807, 2.05) is 11.3 Å². The highest BCUT2D eigenvalue weighted by Crippen LogP contribution is 2.34. The molecule has 0 bridgehead atoms. The Kier molecular flexibility index (Phi) is 9.01. The summed E-state index contributed by atoms with van der Waals surface area (Å²) in [4.78, 5) is 2.85. The molecule has 0 radical (unpaired) electrons. The molecule has 1 nitrogen and oxygen atoms in total. The maximum absolute atomic E-state index is 3.68. The molecule has 1 rings (SSSR count). The van der Waals surface area contributed by atoms with Crippen molar-refractivity contribution < 1.29 is 0 Å². The number of rotatable bonds is 10. The molecule has 3 heteroatoms. The minimum Gasteiger partial charge on any atom is -0.312 e. The second-order valence-electron chi connectivity index (χ2n) is 5.32. The molecule has 0 fully saturated rings. The summed E-state index contributed by atoms with van der Waals surface area (Å²) in [5.74, 6) is 0. The van der Waals surface area contributed by atoms with Crippen LogP contribution in [-0.2, 0) is 0 Å². The lowest BCUT2D eigenvalue weighted by Crippen LogP contribution is -2.15. The van der Waals surface area contributed by atoms with Crippen molar-refractivity contribution in [2.75, 3.05) is 7.05 Å². The maximum Gasteiger partial charge on any atom is 0.0423 e. The van der Waals surface area contributed by atoms with Gasteiger partial charge in [0.15, 0.2) is 0 Å². The third-order valence-corrected chi connectivity index (χ3v) is 5.68. The van der Waals surface area contributed by atoms with E-state index in [1.54, 1.807) is 0 Å². The summed E-state index contributed by atoms with van der Waals surface area (Å²) in [7, 11) is 2.08. The smallest absolute Gasteiger partial charge is 0.0423 e. The zero-order chi connectivity index (χ0) is 14.1. The zero-order valence-electron chi connectivity index (χ0n) is 12.6. The first-order valence-corrected chi connectivity index (χ1v) is 9.23. The Labute approximate surface area is 131 Å². The van der Waals surface area contributed by atoms with E-state index >= 15 is 0 Å². The summed E-state index contributed by atoms with van der Waals surface area (Å²) >= 11 is 5.59. The summed E-state index contributed by atoms with van der Waals surface area (Å²) in [6.45, 7) is 4.46. The average molecular weight is 346 g/mol. The van der Waals surface area contributed by atoms with Gasteiger partial charge in [-0.2, -0.15) is 0 Å². The number of halogens is 1. The van der Waals surface area contributed by atoms with Gasteiger partial charge in [0, 0.05) is 20.3 Å². The average Bonchev–Trinajstić information content (AvgIpc) is 2.72. The van der Waals surface area contributed by atoms with Crippen molar-refractivity contribution >= 4 is 27.3 Å². The number of hydrogen-bond acceptors (Lipinski definition) is 2. The lowest BCUT2D eigenvalue weighted by Gasteiger charge is -2.15. The lowest BCUT2D eigenvalue weighted by molar-refractivity contribution is 0.500. The van der Waals surface area contributed by atoms with Gasteiger partial charge in [-0.3, -0.25) is 0 Å². The molecule has 110 valence electrons. The van der Waals surface area contributed by atoms with Crippen LogP contribution in [0.2, 0.25) is 0 Å². The number of aryl methyl sites for hydroxylation is 1. The van der Waals surface area contributed by atoms with Crippen molar-refractivity contribution in [3.63, 3.8) is 0 Å². The summed E-state index contributed by atoms with van der Waals surface area (Å²) < 4.78 is 1.28. The lowest BCUT2D eigenvalue weighted by atomic mass is 10.0. The van der Waals surface area contributed by atoms with Gasteiger partial charge in [-0.15, -0.1) is 11.3 Å². The molecular formula is C16H28BrNS. The molecule has 0 saturated carbocycles. The first-order valence-electron chi connectivity index (χ1n) is 7.62. The third-order valence-electron chi connectivity index (χ3n) is 3.60. The summed E-state index contributed by atoms with van der Waals surface area (Å²) in [5, 5.41) is 3.46. The van der Waals surface area contributed by atoms with Gasteiger partial charge in [0.2, 0.25) is 0 Å². The van der Waals surface area contributed by atoms with Crippen LogP contribution < -0.4 is 5.32 Å². The van der Waals surface area contributed by atoms with Crippen LogP contribution in [0.25, 0.3) is 0 Å². The number of nitrogens with one attached hydrogen (secondary N) is 1. The molecule has 0 aliphatic rings. The Hall–Kier alpha value is 0.140. The topological polar surface area (TPSA) is 12.0 Å². The minimum absolute atomic E-state index is 0.517. The van der Waals surface area contributed by atoms with Crippen LogP contribution in [0.5, 0.6) is 0 Å². The van der Waals surface area contributed by atoms with E-state index in [9.17, 15) is 0 Å². The third kappa shape index (κ3) is 6.42. The van der Waals surface area contributed by atoms with Gasteiger partial charge in [-0.05, 0) is 42.4 Å². The van der Waals surface area contributed by atoms with E-state index in [0.717, 1.165) is 0 Å². The van der Waals surface area contributed by atoms with E-state index in [2.05, 4.69) is 48.2 Å². The Balaban J connectivity index is 2.24. The van der Waals surface area contributed by atoms with Crippen LogP contribution >= 0.6 is 27.3 Å². The molecule has 1 unspecified atom stereocenters. The molecule has 1 aromatic heterocycles. The Morgan fingerprint density at radius 3 is 2.32 bits per heavy atom. The zero-order valence-corrected chi connectivity index (χ0v) is 15.0. The molecule has 0 saturated heterocycles. The Morgan fingerprint density at radius 2 is 1.79 bits per heavy atom. The van der Waals surface area contributed by atoms with Crippen molar-refractivity contribution in [3.05, 3.63) is 20.3 Å². The van der Waals surface area contributed by atoms with Crippen LogP contribution in [0.1, 0.15) is 74.1 Å². The van der Waals surface area contributed by atoms with Crippen molar-refractivity contribution in [1.82, 2.24) is 5.32 Å². The van der Waals surface area contributed by atoms with Crippen LogP contribution in [0.15, 0.2) is 10.5 Å². The van der Waals surface area contributed by atoms with E-state index < -0.39 is 0 Å². The number of unbranched alkanes of at least 4 members (excludes halogenated alkanes) is 6. The van der Waals surface area contributed by atoms with Gasteiger partial charge < -0.3 is 5.32 Å². The Bertz CT molecular complexity index is 349. The van der Waals surface area contributed by atoms with Gasteiger partial charge in [0.05, 0.1) is 0 Å². The maximum atomic E-state index is 3.68. The highest BCUT2D eigenvalue weighted by Gasteiger charge is 2.14. The fourth-order valence-corrected chi connectivity index (χ4v) is 4.52. The van der Waals surface area contributed by atoms with Crippen molar-refractivity contribution in [2.24, 2.45) is 0 Å². The molecule has 1 atom stereocenters. The Morgan fingerprint density at radius 1 is 1.16 bits per heavy atom. The predicted molar refractivity (Wildman–Crippen MR) is 91.2 cm³/mol. The van der Waals surface area contributed by atoms with Crippen LogP contribution in [0, 0.1) is 6.92 Å². The van der Waals surface area contributed by atoms with Gasteiger partial charge in [0.25, 0.3) is 0 Å². The number of thiophene rings is 1. The first-order chi connectivity index (χ1) is 9.19. The SMILES string of the molecule is CCCCCCCCCC(NC)c1sc(C)cc1Br. The van der Waals surface area contributed by atoms with Gasteiger partial charge >= 0.3 is 0 Å². The first kappa shape index (κ1) is 17.2. The predicted octanol–water partition coefficient (Wildman–Crippen LogP) is 6.22. The van der Waals surface area contributed by atoms with Crippen LogP contribution in [-0.4, -0.2) is 7.05 Å². The minimum atomic E-state index is 0.517. The van der Waals surface area contributed by atoms with Crippen LogP contribution in [0.3, 0.4) is 0 Å². The fraction of sp³-hybridized carbons (Fsp3) is 0.750. The van der Waals surface area contributed by atoms with Gasteiger partial charge in [0.1, 0.15) is 0 Å². The molecule has 0 aliphatic carbocycles. The number of hydrogen-bond donors (Lipinski definition) is 1. The van der Waals surface area contributed by atoms with Crippen molar-refractivity contribution in [3.8, 4) is 0 Å². The normalized spacial score (nSPS) is 12.8. The van der Waals surface area contributed by atoms with Crippen LogP contribution in [0.4, 0.5) is 0 Å². The highest BCUT2D eigenvalue weighted by atomic mass is 79.9. The molecule has 0 aliphatic heterocycles. The molecule has 0 aromatic carbocycles. The second-order valence-corrected chi connectivity index (χ2v) is 7.46. The standard InChI is InChI=1S/C16H28BrNS/c1-4-5-6-7-8-9-10-11-15(18-3)16-14(17)12-13(2)19-16/h12,15,18H,4-11H2,1-3H3. The summed E-state index contributed by atoms with van der Waals surface area (Å²) in [6, 6.07) is 2.75. The summed E-state index contributed by atoms with van der Waals surface area (Å²) in [5.41, 5.74) is 0. The monoisotopic (exact) mass is 345 g/mol. The molecule has 1 heterocycles. The van der Waals surface area contributed by atoms with E-state index in [1.165, 1.54) is 65.6 Å². The van der Waals surface area contributed by atoms with E-state index in [0.29, 0.717) is 6.04 Å². The summed E-state index contributed by atoms with van der Waals surface area (Å²) in [6.07, 6.45) is 10.9. The van der Waals surface area contributed by atoms with Crippen molar-refractivity contribution in [2.45, 2.75) is 71.3 Å². The van der Waals surface area contributed by atoms with E-state index in [4.69, 9.17) is 0 Å². The highest BCUT2D eigenvalue weighted by molar-refractivity contribution is 9.10. The van der Waals surface area contributed by atoms with E-state index in [-0.39, 0.29) is 0 Å². The molecule has 1 N–H and O–H groups in total. The largest absolute Gasteiger partial charge is 0.312 e. The van der Waals surface area contributed by atoms with Gasteiger partial charge in [-0.25, -0.2) is 0 Å². The quantitative estimate of drug-likeness (QED) is 0.496. The molecule has 0 amide bonds.